The van der Waals surface area contributed by atoms with Gasteiger partial charge in [0.1, 0.15) is 0 Å². The van der Waals surface area contributed by atoms with Crippen LogP contribution in [-0.4, -0.2) is 37.7 Å². The highest BCUT2D eigenvalue weighted by molar-refractivity contribution is 7.99. The minimum absolute atomic E-state index is 0.117. The van der Waals surface area contributed by atoms with E-state index in [-0.39, 0.29) is 5.97 Å². The van der Waals surface area contributed by atoms with E-state index in [1.807, 2.05) is 0 Å². The van der Waals surface area contributed by atoms with Crippen LogP contribution in [0.5, 0.6) is 0 Å². The van der Waals surface area contributed by atoms with Gasteiger partial charge in [0.05, 0.1) is 12.9 Å². The Labute approximate surface area is 83.6 Å². The monoisotopic (exact) mass is 203 g/mol. The maximum Gasteiger partial charge on any atom is 0.315 e. The van der Waals surface area contributed by atoms with Gasteiger partial charge in [0.25, 0.3) is 0 Å². The number of carbonyl (C=O) groups is 1. The molecule has 1 fully saturated rings. The first-order valence-electron chi connectivity index (χ1n) is 4.68. The summed E-state index contributed by atoms with van der Waals surface area (Å²) in [6, 6.07) is 0. The number of hydrogen-bond acceptors (Lipinski definition) is 4. The summed E-state index contributed by atoms with van der Waals surface area (Å²) in [6.07, 6.45) is 2.56. The quantitative estimate of drug-likeness (QED) is 0.689. The van der Waals surface area contributed by atoms with Crippen LogP contribution in [0.15, 0.2) is 0 Å². The van der Waals surface area contributed by atoms with Crippen molar-refractivity contribution in [2.24, 2.45) is 5.92 Å². The molecule has 1 atom stereocenters. The highest BCUT2D eigenvalue weighted by Crippen LogP contribution is 2.16. The summed E-state index contributed by atoms with van der Waals surface area (Å²) in [7, 11) is 1.44. The number of methoxy groups -OCH3 is 1. The molecule has 1 saturated heterocycles. The first-order valence-corrected chi connectivity index (χ1v) is 5.83. The first kappa shape index (κ1) is 10.9. The first-order chi connectivity index (χ1) is 6.33. The number of carbonyl (C=O) groups excluding carboxylic acids is 1. The average Bonchev–Trinajstić information content (AvgIpc) is 2.19. The van der Waals surface area contributed by atoms with Crippen molar-refractivity contribution >= 4 is 17.7 Å². The smallest absolute Gasteiger partial charge is 0.315 e. The zero-order valence-corrected chi connectivity index (χ0v) is 8.86. The molecular formula is C9H17NO2S. The lowest BCUT2D eigenvalue weighted by atomic mass is 10.0. The van der Waals surface area contributed by atoms with E-state index < -0.39 is 0 Å². The molecule has 3 nitrogen and oxygen atoms in total. The lowest BCUT2D eigenvalue weighted by Crippen LogP contribution is -2.31. The molecule has 0 aliphatic carbocycles. The van der Waals surface area contributed by atoms with Crippen LogP contribution in [0.2, 0.25) is 0 Å². The van der Waals surface area contributed by atoms with Crippen LogP contribution in [-0.2, 0) is 9.53 Å². The van der Waals surface area contributed by atoms with E-state index in [1.54, 1.807) is 11.8 Å². The van der Waals surface area contributed by atoms with E-state index in [0.29, 0.717) is 5.75 Å². The molecule has 0 aromatic heterocycles. The van der Waals surface area contributed by atoms with Gasteiger partial charge in [-0.1, -0.05) is 0 Å². The van der Waals surface area contributed by atoms with E-state index in [9.17, 15) is 4.79 Å². The molecule has 4 heteroatoms. The fourth-order valence-electron chi connectivity index (χ4n) is 1.43. The van der Waals surface area contributed by atoms with Crippen molar-refractivity contribution in [2.75, 3.05) is 31.7 Å². The third kappa shape index (κ3) is 4.52. The molecule has 76 valence electrons. The van der Waals surface area contributed by atoms with Crippen LogP contribution < -0.4 is 5.32 Å². The second kappa shape index (κ2) is 6.27. The summed E-state index contributed by atoms with van der Waals surface area (Å²) < 4.78 is 4.56. The number of nitrogens with one attached hydrogen (secondary N) is 1. The Balaban J connectivity index is 2.01. The molecule has 1 aliphatic heterocycles. The van der Waals surface area contributed by atoms with Gasteiger partial charge in [-0.3, -0.25) is 4.79 Å². The van der Waals surface area contributed by atoms with E-state index in [1.165, 1.54) is 20.0 Å². The van der Waals surface area contributed by atoms with Crippen LogP contribution in [0.1, 0.15) is 12.8 Å². The summed E-state index contributed by atoms with van der Waals surface area (Å²) >= 11 is 1.68. The molecule has 0 bridgehead atoms. The minimum Gasteiger partial charge on any atom is -0.468 e. The summed E-state index contributed by atoms with van der Waals surface area (Å²) in [5.41, 5.74) is 0. The minimum atomic E-state index is -0.117. The van der Waals surface area contributed by atoms with Crippen LogP contribution in [0.3, 0.4) is 0 Å². The normalized spacial score (nSPS) is 22.7. The molecule has 0 aromatic carbocycles. The van der Waals surface area contributed by atoms with E-state index in [4.69, 9.17) is 0 Å². The van der Waals surface area contributed by atoms with Crippen molar-refractivity contribution in [2.45, 2.75) is 12.8 Å². The van der Waals surface area contributed by atoms with Gasteiger partial charge in [-0.25, -0.2) is 0 Å². The van der Waals surface area contributed by atoms with Crippen LogP contribution in [0.4, 0.5) is 0 Å². The van der Waals surface area contributed by atoms with Gasteiger partial charge >= 0.3 is 5.97 Å². The number of rotatable bonds is 4. The standard InChI is InChI=1S/C9H17NO2S/c1-12-9(11)7-13-6-8-3-2-4-10-5-8/h8,10H,2-7H2,1H3/t8-/m0/s1. The molecule has 13 heavy (non-hydrogen) atoms. The van der Waals surface area contributed by atoms with Crippen molar-refractivity contribution in [1.82, 2.24) is 5.32 Å². The number of hydrogen-bond donors (Lipinski definition) is 1. The summed E-state index contributed by atoms with van der Waals surface area (Å²) in [6.45, 7) is 2.26. The van der Waals surface area contributed by atoms with E-state index >= 15 is 0 Å². The summed E-state index contributed by atoms with van der Waals surface area (Å²) in [5, 5.41) is 3.36. The third-order valence-corrected chi connectivity index (χ3v) is 3.35. The maximum absolute atomic E-state index is 10.8. The lowest BCUT2D eigenvalue weighted by molar-refractivity contribution is -0.137. The number of esters is 1. The van der Waals surface area contributed by atoms with Crippen molar-refractivity contribution < 1.29 is 9.53 Å². The van der Waals surface area contributed by atoms with E-state index in [2.05, 4.69) is 10.1 Å². The van der Waals surface area contributed by atoms with Crippen LogP contribution >= 0.6 is 11.8 Å². The second-order valence-corrected chi connectivity index (χ2v) is 4.33. The molecule has 0 aromatic rings. The van der Waals surface area contributed by atoms with Gasteiger partial charge in [-0.15, -0.1) is 11.8 Å². The van der Waals surface area contributed by atoms with Crippen molar-refractivity contribution in [1.29, 1.82) is 0 Å². The van der Waals surface area contributed by atoms with Gasteiger partial charge < -0.3 is 10.1 Å². The highest BCUT2D eigenvalue weighted by atomic mass is 32.2. The van der Waals surface area contributed by atoms with Crippen molar-refractivity contribution in [3.05, 3.63) is 0 Å². The lowest BCUT2D eigenvalue weighted by Gasteiger charge is -2.21. The molecular weight excluding hydrogens is 186 g/mol. The molecule has 1 aliphatic rings. The highest BCUT2D eigenvalue weighted by Gasteiger charge is 2.13. The SMILES string of the molecule is COC(=O)CSC[C@H]1CCCNC1. The van der Waals surface area contributed by atoms with E-state index in [0.717, 1.165) is 24.8 Å². The largest absolute Gasteiger partial charge is 0.468 e. The zero-order valence-electron chi connectivity index (χ0n) is 8.04. The van der Waals surface area contributed by atoms with Gasteiger partial charge in [0.2, 0.25) is 0 Å². The number of ether oxygens (including phenoxy) is 1. The Morgan fingerprint density at radius 3 is 3.15 bits per heavy atom. The molecule has 0 saturated carbocycles. The van der Waals surface area contributed by atoms with Gasteiger partial charge in [0.15, 0.2) is 0 Å². The Morgan fingerprint density at radius 1 is 1.69 bits per heavy atom. The predicted molar refractivity (Wildman–Crippen MR) is 54.9 cm³/mol. The van der Waals surface area contributed by atoms with Crippen molar-refractivity contribution in [3.8, 4) is 0 Å². The summed E-state index contributed by atoms with van der Waals surface area (Å²) in [4.78, 5) is 10.8. The average molecular weight is 203 g/mol. The molecule has 1 heterocycles. The topological polar surface area (TPSA) is 38.3 Å². The Hall–Kier alpha value is -0.220. The summed E-state index contributed by atoms with van der Waals surface area (Å²) in [5.74, 6) is 2.19. The van der Waals surface area contributed by atoms with Crippen LogP contribution in [0, 0.1) is 5.92 Å². The zero-order chi connectivity index (χ0) is 9.52. The van der Waals surface area contributed by atoms with Crippen LogP contribution in [0.25, 0.3) is 0 Å². The Kier molecular flexibility index (Phi) is 5.23. The maximum atomic E-state index is 10.8. The van der Waals surface area contributed by atoms with Gasteiger partial charge in [0, 0.05) is 0 Å². The molecule has 0 unspecified atom stereocenters. The Morgan fingerprint density at radius 2 is 2.54 bits per heavy atom. The molecule has 0 spiro atoms. The number of thioether (sulfide) groups is 1. The number of piperidine rings is 1. The molecule has 0 amide bonds. The molecule has 1 rings (SSSR count). The van der Waals surface area contributed by atoms with Gasteiger partial charge in [-0.2, -0.15) is 0 Å². The second-order valence-electron chi connectivity index (χ2n) is 3.30. The predicted octanol–water partition coefficient (Wildman–Crippen LogP) is 0.892. The molecule has 1 N–H and O–H groups in total. The van der Waals surface area contributed by atoms with Crippen molar-refractivity contribution in [3.63, 3.8) is 0 Å². The fourth-order valence-corrected chi connectivity index (χ4v) is 2.45. The van der Waals surface area contributed by atoms with Gasteiger partial charge in [-0.05, 0) is 37.6 Å². The fraction of sp³-hybridized carbons (Fsp3) is 0.889. The molecule has 0 radical (unpaired) electrons. The third-order valence-electron chi connectivity index (χ3n) is 2.20. The Bertz CT molecular complexity index is 158.